The molecule has 1 N–H and O–H groups in total. The van der Waals surface area contributed by atoms with Gasteiger partial charge in [-0.1, -0.05) is 12.5 Å². The lowest BCUT2D eigenvalue weighted by atomic mass is 10.1. The highest BCUT2D eigenvalue weighted by Crippen LogP contribution is 2.25. The predicted molar refractivity (Wildman–Crippen MR) is 96.3 cm³/mol. The zero-order valence-electron chi connectivity index (χ0n) is 15.4. The predicted octanol–water partition coefficient (Wildman–Crippen LogP) is 3.18. The zero-order chi connectivity index (χ0) is 18.8. The van der Waals surface area contributed by atoms with Crippen molar-refractivity contribution in [3.05, 3.63) is 35.4 Å². The molecule has 0 heterocycles. The molecule has 1 aromatic rings. The van der Waals surface area contributed by atoms with Crippen molar-refractivity contribution in [3.8, 4) is 5.75 Å². The first-order valence-electron chi connectivity index (χ1n) is 8.45. The van der Waals surface area contributed by atoms with E-state index in [9.17, 15) is 9.59 Å². The van der Waals surface area contributed by atoms with Crippen LogP contribution < -0.4 is 4.74 Å². The molecule has 0 radical (unpaired) electrons. The number of carbonyl (C=O) groups is 2. The number of amides is 1. The molecule has 138 valence electrons. The van der Waals surface area contributed by atoms with E-state index < -0.39 is 11.9 Å². The molecule has 0 saturated carbocycles. The van der Waals surface area contributed by atoms with Crippen molar-refractivity contribution < 1.29 is 24.2 Å². The second-order valence-electron chi connectivity index (χ2n) is 5.68. The fraction of sp³-hybridized carbons (Fsp3) is 0.474. The zero-order valence-corrected chi connectivity index (χ0v) is 15.4. The number of rotatable bonds is 9. The number of carboxylic acids is 1. The van der Waals surface area contributed by atoms with Crippen LogP contribution in [0.25, 0.3) is 5.70 Å². The minimum atomic E-state index is -1.49. The van der Waals surface area contributed by atoms with E-state index in [0.29, 0.717) is 18.9 Å². The van der Waals surface area contributed by atoms with E-state index in [1.807, 2.05) is 52.0 Å². The molecule has 0 aliphatic carbocycles. The van der Waals surface area contributed by atoms with E-state index in [2.05, 4.69) is 0 Å². The van der Waals surface area contributed by atoms with Gasteiger partial charge in [-0.25, -0.2) is 4.79 Å². The van der Waals surface area contributed by atoms with E-state index in [-0.39, 0.29) is 13.2 Å². The third kappa shape index (κ3) is 6.23. The Morgan fingerprint density at radius 3 is 2.20 bits per heavy atom. The Hall–Kier alpha value is -2.34. The first-order valence-corrected chi connectivity index (χ1v) is 8.45. The average Bonchev–Trinajstić information content (AvgIpc) is 2.59. The lowest BCUT2D eigenvalue weighted by Gasteiger charge is -2.26. The maximum Gasteiger partial charge on any atom is 0.394 e. The number of hydrogen-bond donors (Lipinski definition) is 1. The van der Waals surface area contributed by atoms with Crippen LogP contribution >= 0.6 is 0 Å². The standard InChI is InChI=1S/C19H27NO5/c1-5-12-25-16-9-7-15(8-10-16)17(14(3)4)20(11-13-24-6-2)18(21)19(22)23/h7-10H,5-6,11-13H2,1-4H3,(H,22,23). The van der Waals surface area contributed by atoms with Crippen LogP contribution in [-0.2, 0) is 14.3 Å². The summed E-state index contributed by atoms with van der Waals surface area (Å²) in [7, 11) is 0. The number of carbonyl (C=O) groups excluding carboxylic acids is 1. The molecular formula is C19H27NO5. The highest BCUT2D eigenvalue weighted by Gasteiger charge is 2.26. The molecule has 6 nitrogen and oxygen atoms in total. The summed E-state index contributed by atoms with van der Waals surface area (Å²) in [6, 6.07) is 7.30. The molecule has 1 rings (SSSR count). The SMILES string of the molecule is CCCOc1ccc(C(=C(C)C)N(CCOCC)C(=O)C(=O)O)cc1. The average molecular weight is 349 g/mol. The molecule has 1 aromatic carbocycles. The van der Waals surface area contributed by atoms with Gasteiger partial charge in [-0.15, -0.1) is 0 Å². The second-order valence-corrected chi connectivity index (χ2v) is 5.68. The third-order valence-electron chi connectivity index (χ3n) is 3.44. The summed E-state index contributed by atoms with van der Waals surface area (Å²) in [5.41, 5.74) is 2.18. The fourth-order valence-corrected chi connectivity index (χ4v) is 2.37. The molecule has 0 fully saturated rings. The van der Waals surface area contributed by atoms with Gasteiger partial charge < -0.3 is 14.6 Å². The summed E-state index contributed by atoms with van der Waals surface area (Å²) in [4.78, 5) is 24.7. The molecule has 0 atom stereocenters. The summed E-state index contributed by atoms with van der Waals surface area (Å²) in [6.45, 7) is 9.15. The molecule has 1 amide bonds. The van der Waals surface area contributed by atoms with Crippen LogP contribution in [0.1, 0.15) is 39.7 Å². The van der Waals surface area contributed by atoms with Crippen molar-refractivity contribution in [1.82, 2.24) is 4.90 Å². The molecule has 0 aliphatic heterocycles. The van der Waals surface area contributed by atoms with Crippen LogP contribution in [0.15, 0.2) is 29.8 Å². The van der Waals surface area contributed by atoms with Crippen molar-refractivity contribution >= 4 is 17.6 Å². The summed E-state index contributed by atoms with van der Waals surface area (Å²) < 4.78 is 10.9. The topological polar surface area (TPSA) is 76.1 Å². The normalized spacial score (nSPS) is 10.2. The summed E-state index contributed by atoms with van der Waals surface area (Å²) in [5.74, 6) is -1.72. The van der Waals surface area contributed by atoms with E-state index in [1.165, 1.54) is 4.90 Å². The van der Waals surface area contributed by atoms with Gasteiger partial charge in [0.15, 0.2) is 0 Å². The van der Waals surface area contributed by atoms with Crippen molar-refractivity contribution in [1.29, 1.82) is 0 Å². The maximum atomic E-state index is 12.2. The fourth-order valence-electron chi connectivity index (χ4n) is 2.37. The van der Waals surface area contributed by atoms with Crippen molar-refractivity contribution in [2.45, 2.75) is 34.1 Å². The Kier molecular flexibility index (Phi) is 8.70. The van der Waals surface area contributed by atoms with Crippen molar-refractivity contribution in [2.75, 3.05) is 26.4 Å². The van der Waals surface area contributed by atoms with E-state index in [0.717, 1.165) is 23.3 Å². The van der Waals surface area contributed by atoms with Gasteiger partial charge in [-0.05, 0) is 57.0 Å². The summed E-state index contributed by atoms with van der Waals surface area (Å²) in [6.07, 6.45) is 0.916. The van der Waals surface area contributed by atoms with E-state index in [4.69, 9.17) is 14.6 Å². The molecule has 0 saturated heterocycles. The monoisotopic (exact) mass is 349 g/mol. The van der Waals surface area contributed by atoms with E-state index >= 15 is 0 Å². The Balaban J connectivity index is 3.14. The minimum Gasteiger partial charge on any atom is -0.494 e. The van der Waals surface area contributed by atoms with Gasteiger partial charge in [-0.3, -0.25) is 9.69 Å². The Morgan fingerprint density at radius 1 is 1.08 bits per heavy atom. The number of allylic oxidation sites excluding steroid dienone is 1. The van der Waals surface area contributed by atoms with Gasteiger partial charge in [-0.2, -0.15) is 0 Å². The Bertz CT molecular complexity index is 603. The number of ether oxygens (including phenoxy) is 2. The molecule has 0 spiro atoms. The van der Waals surface area contributed by atoms with Crippen LogP contribution in [0.5, 0.6) is 5.75 Å². The van der Waals surface area contributed by atoms with Gasteiger partial charge >= 0.3 is 11.9 Å². The number of nitrogens with zero attached hydrogens (tertiary/aromatic N) is 1. The number of hydrogen-bond acceptors (Lipinski definition) is 4. The highest BCUT2D eigenvalue weighted by atomic mass is 16.5. The largest absolute Gasteiger partial charge is 0.494 e. The first kappa shape index (κ1) is 20.7. The van der Waals surface area contributed by atoms with Gasteiger partial charge in [0.1, 0.15) is 5.75 Å². The van der Waals surface area contributed by atoms with Crippen LogP contribution in [0.4, 0.5) is 0 Å². The van der Waals surface area contributed by atoms with Crippen molar-refractivity contribution in [3.63, 3.8) is 0 Å². The maximum absolute atomic E-state index is 12.2. The quantitative estimate of drug-likeness (QED) is 0.547. The molecule has 25 heavy (non-hydrogen) atoms. The summed E-state index contributed by atoms with van der Waals surface area (Å²) >= 11 is 0. The molecule has 0 bridgehead atoms. The minimum absolute atomic E-state index is 0.174. The summed E-state index contributed by atoms with van der Waals surface area (Å²) in [5, 5.41) is 9.15. The van der Waals surface area contributed by atoms with Crippen LogP contribution in [0.3, 0.4) is 0 Å². The molecule has 0 aliphatic rings. The highest BCUT2D eigenvalue weighted by molar-refractivity contribution is 6.33. The van der Waals surface area contributed by atoms with Crippen LogP contribution in [0.2, 0.25) is 0 Å². The smallest absolute Gasteiger partial charge is 0.394 e. The van der Waals surface area contributed by atoms with Gasteiger partial charge in [0, 0.05) is 13.2 Å². The van der Waals surface area contributed by atoms with Crippen LogP contribution in [0, 0.1) is 0 Å². The van der Waals surface area contributed by atoms with Gasteiger partial charge in [0.05, 0.1) is 18.9 Å². The van der Waals surface area contributed by atoms with E-state index in [1.54, 1.807) is 0 Å². The molecule has 6 heteroatoms. The van der Waals surface area contributed by atoms with Crippen LogP contribution in [-0.4, -0.2) is 48.2 Å². The number of carboxylic acid groups (broad SMARTS) is 1. The number of benzene rings is 1. The third-order valence-corrected chi connectivity index (χ3v) is 3.44. The first-order chi connectivity index (χ1) is 11.9. The lowest BCUT2D eigenvalue weighted by Crippen LogP contribution is -2.38. The number of aliphatic carboxylic acids is 1. The van der Waals surface area contributed by atoms with Gasteiger partial charge in [0.25, 0.3) is 0 Å². The second kappa shape index (κ2) is 10.5. The molecule has 0 aromatic heterocycles. The van der Waals surface area contributed by atoms with Gasteiger partial charge in [0.2, 0.25) is 0 Å². The lowest BCUT2D eigenvalue weighted by molar-refractivity contribution is -0.154. The Morgan fingerprint density at radius 2 is 1.72 bits per heavy atom. The van der Waals surface area contributed by atoms with Crippen molar-refractivity contribution in [2.24, 2.45) is 0 Å². The molecule has 0 unspecified atom stereocenters. The Labute approximate surface area is 149 Å². The molecular weight excluding hydrogens is 322 g/mol.